The van der Waals surface area contributed by atoms with E-state index in [2.05, 4.69) is 4.98 Å². The van der Waals surface area contributed by atoms with Gasteiger partial charge in [-0.15, -0.1) is 0 Å². The molecule has 28 heavy (non-hydrogen) atoms. The summed E-state index contributed by atoms with van der Waals surface area (Å²) in [6.45, 7) is 0.750. The molecule has 1 saturated heterocycles. The number of aromatic nitrogens is 2. The van der Waals surface area contributed by atoms with E-state index in [1.165, 1.54) is 0 Å². The molecule has 0 radical (unpaired) electrons. The van der Waals surface area contributed by atoms with Gasteiger partial charge in [-0.25, -0.2) is 9.97 Å². The molecule has 1 amide bonds. The molecule has 0 spiro atoms. The molecular formula is C23H24N4O. The van der Waals surface area contributed by atoms with Gasteiger partial charge in [-0.3, -0.25) is 4.79 Å². The second kappa shape index (κ2) is 7.80. The maximum atomic E-state index is 13.2. The van der Waals surface area contributed by atoms with E-state index in [0.717, 1.165) is 41.9 Å². The fourth-order valence-electron chi connectivity index (χ4n) is 3.68. The Kier molecular flexibility index (Phi) is 5.06. The van der Waals surface area contributed by atoms with Crippen LogP contribution in [0.1, 0.15) is 34.9 Å². The molecule has 4 rings (SSSR count). The van der Waals surface area contributed by atoms with E-state index in [4.69, 9.17) is 4.98 Å². The van der Waals surface area contributed by atoms with Crippen LogP contribution in [0.15, 0.2) is 66.9 Å². The summed E-state index contributed by atoms with van der Waals surface area (Å²) in [5, 5.41) is 0. The predicted molar refractivity (Wildman–Crippen MR) is 111 cm³/mol. The maximum absolute atomic E-state index is 13.2. The first-order valence-corrected chi connectivity index (χ1v) is 9.60. The highest BCUT2D eigenvalue weighted by atomic mass is 16.2. The Morgan fingerprint density at radius 1 is 1.07 bits per heavy atom. The quantitative estimate of drug-likeness (QED) is 0.689. The highest BCUT2D eigenvalue weighted by Crippen LogP contribution is 2.33. The zero-order valence-corrected chi connectivity index (χ0v) is 16.2. The Labute approximate surface area is 165 Å². The van der Waals surface area contributed by atoms with E-state index in [1.54, 1.807) is 6.20 Å². The minimum atomic E-state index is -0.0130. The van der Waals surface area contributed by atoms with Crippen LogP contribution < -0.4 is 4.90 Å². The fraction of sp³-hybridized carbons (Fsp3) is 0.261. The van der Waals surface area contributed by atoms with Crippen LogP contribution in [-0.2, 0) is 0 Å². The van der Waals surface area contributed by atoms with E-state index in [1.807, 2.05) is 84.6 Å². The minimum absolute atomic E-state index is 0.0130. The Hall–Kier alpha value is -3.21. The SMILES string of the molecule is CN(C)c1cccc(C(=O)N2CCCC2c2ccnc(-c3ccccc3)n2)c1. The normalized spacial score (nSPS) is 16.2. The van der Waals surface area contributed by atoms with Gasteiger partial charge in [0.05, 0.1) is 11.7 Å². The molecule has 5 nitrogen and oxygen atoms in total. The van der Waals surface area contributed by atoms with Crippen LogP contribution in [0.25, 0.3) is 11.4 Å². The van der Waals surface area contributed by atoms with Gasteiger partial charge in [0.1, 0.15) is 0 Å². The van der Waals surface area contributed by atoms with Crippen molar-refractivity contribution < 1.29 is 4.79 Å². The summed E-state index contributed by atoms with van der Waals surface area (Å²) in [4.78, 5) is 26.4. The number of carbonyl (C=O) groups is 1. The van der Waals surface area contributed by atoms with Crippen molar-refractivity contribution in [1.82, 2.24) is 14.9 Å². The number of nitrogens with zero attached hydrogens (tertiary/aromatic N) is 4. The lowest BCUT2D eigenvalue weighted by Gasteiger charge is -2.25. The fourth-order valence-corrected chi connectivity index (χ4v) is 3.68. The van der Waals surface area contributed by atoms with Crippen LogP contribution >= 0.6 is 0 Å². The maximum Gasteiger partial charge on any atom is 0.254 e. The van der Waals surface area contributed by atoms with Gasteiger partial charge in [0.2, 0.25) is 0 Å². The number of anilines is 1. The van der Waals surface area contributed by atoms with Crippen molar-refractivity contribution in [3.8, 4) is 11.4 Å². The number of rotatable bonds is 4. The topological polar surface area (TPSA) is 49.3 Å². The number of hydrogen-bond acceptors (Lipinski definition) is 4. The van der Waals surface area contributed by atoms with Crippen LogP contribution in [0.2, 0.25) is 0 Å². The van der Waals surface area contributed by atoms with Crippen molar-refractivity contribution >= 4 is 11.6 Å². The number of carbonyl (C=O) groups excluding carboxylic acids is 1. The monoisotopic (exact) mass is 372 g/mol. The summed E-state index contributed by atoms with van der Waals surface area (Å²) in [6, 6.07) is 19.6. The molecule has 1 unspecified atom stereocenters. The van der Waals surface area contributed by atoms with Crippen molar-refractivity contribution in [2.45, 2.75) is 18.9 Å². The smallest absolute Gasteiger partial charge is 0.254 e. The molecule has 0 N–H and O–H groups in total. The van der Waals surface area contributed by atoms with Crippen molar-refractivity contribution in [1.29, 1.82) is 0 Å². The zero-order chi connectivity index (χ0) is 19.5. The summed E-state index contributed by atoms with van der Waals surface area (Å²) >= 11 is 0. The molecule has 5 heteroatoms. The van der Waals surface area contributed by atoms with E-state index in [-0.39, 0.29) is 11.9 Å². The Morgan fingerprint density at radius 3 is 2.68 bits per heavy atom. The molecule has 3 aromatic rings. The first-order valence-electron chi connectivity index (χ1n) is 9.60. The van der Waals surface area contributed by atoms with E-state index in [0.29, 0.717) is 5.82 Å². The number of hydrogen-bond donors (Lipinski definition) is 0. The lowest BCUT2D eigenvalue weighted by molar-refractivity contribution is 0.0733. The van der Waals surface area contributed by atoms with Gasteiger partial charge in [-0.1, -0.05) is 36.4 Å². The second-order valence-corrected chi connectivity index (χ2v) is 7.27. The minimum Gasteiger partial charge on any atom is -0.378 e. The molecule has 1 aliphatic heterocycles. The van der Waals surface area contributed by atoms with Crippen molar-refractivity contribution in [3.05, 3.63) is 78.1 Å². The third-order valence-corrected chi connectivity index (χ3v) is 5.17. The number of likely N-dealkylation sites (tertiary alicyclic amines) is 1. The van der Waals surface area contributed by atoms with E-state index >= 15 is 0 Å². The third-order valence-electron chi connectivity index (χ3n) is 5.17. The molecule has 1 aliphatic rings. The second-order valence-electron chi connectivity index (χ2n) is 7.27. The summed E-state index contributed by atoms with van der Waals surface area (Å²) in [5.41, 5.74) is 3.63. The van der Waals surface area contributed by atoms with Crippen molar-refractivity contribution in [2.75, 3.05) is 25.5 Å². The zero-order valence-electron chi connectivity index (χ0n) is 16.2. The summed E-state index contributed by atoms with van der Waals surface area (Å²) in [5.74, 6) is 0.762. The van der Waals surface area contributed by atoms with Crippen LogP contribution in [0, 0.1) is 0 Å². The summed E-state index contributed by atoms with van der Waals surface area (Å²) < 4.78 is 0. The largest absolute Gasteiger partial charge is 0.378 e. The molecule has 142 valence electrons. The molecule has 0 bridgehead atoms. The highest BCUT2D eigenvalue weighted by molar-refractivity contribution is 5.95. The van der Waals surface area contributed by atoms with Gasteiger partial charge in [0, 0.05) is 43.7 Å². The summed E-state index contributed by atoms with van der Waals surface area (Å²) in [6.07, 6.45) is 3.69. The first-order chi connectivity index (χ1) is 13.6. The van der Waals surface area contributed by atoms with E-state index in [9.17, 15) is 4.79 Å². The lowest BCUT2D eigenvalue weighted by atomic mass is 10.1. The molecule has 1 atom stereocenters. The molecular weight excluding hydrogens is 348 g/mol. The Bertz CT molecular complexity index is 971. The molecule has 2 heterocycles. The van der Waals surface area contributed by atoms with Crippen LogP contribution in [0.4, 0.5) is 5.69 Å². The Morgan fingerprint density at radius 2 is 1.89 bits per heavy atom. The van der Waals surface area contributed by atoms with Crippen LogP contribution in [0.5, 0.6) is 0 Å². The summed E-state index contributed by atoms with van der Waals surface area (Å²) in [7, 11) is 3.96. The van der Waals surface area contributed by atoms with Gasteiger partial charge < -0.3 is 9.80 Å². The van der Waals surface area contributed by atoms with Gasteiger partial charge in [-0.05, 0) is 37.1 Å². The first kappa shape index (κ1) is 18.2. The predicted octanol–water partition coefficient (Wildman–Crippen LogP) is 4.19. The lowest BCUT2D eigenvalue weighted by Crippen LogP contribution is -2.31. The van der Waals surface area contributed by atoms with Gasteiger partial charge >= 0.3 is 0 Å². The third kappa shape index (κ3) is 3.60. The average molecular weight is 372 g/mol. The van der Waals surface area contributed by atoms with Crippen molar-refractivity contribution in [3.63, 3.8) is 0 Å². The van der Waals surface area contributed by atoms with Gasteiger partial charge in [0.15, 0.2) is 5.82 Å². The average Bonchev–Trinajstić information content (AvgIpc) is 3.24. The Balaban J connectivity index is 1.62. The van der Waals surface area contributed by atoms with Crippen molar-refractivity contribution in [2.24, 2.45) is 0 Å². The van der Waals surface area contributed by atoms with Gasteiger partial charge in [0.25, 0.3) is 5.91 Å². The molecule has 1 fully saturated rings. The van der Waals surface area contributed by atoms with Gasteiger partial charge in [-0.2, -0.15) is 0 Å². The number of benzene rings is 2. The van der Waals surface area contributed by atoms with E-state index < -0.39 is 0 Å². The molecule has 0 aliphatic carbocycles. The highest BCUT2D eigenvalue weighted by Gasteiger charge is 2.32. The number of amides is 1. The van der Waals surface area contributed by atoms with Crippen LogP contribution in [-0.4, -0.2) is 41.4 Å². The molecule has 0 saturated carbocycles. The molecule has 1 aromatic heterocycles. The van der Waals surface area contributed by atoms with Crippen LogP contribution in [0.3, 0.4) is 0 Å². The molecule has 2 aromatic carbocycles. The standard InChI is InChI=1S/C23H24N4O/c1-26(2)19-11-6-10-18(16-19)23(28)27-15-7-12-21(27)20-13-14-24-22(25-20)17-8-4-3-5-9-17/h3-6,8-11,13-14,16,21H,7,12,15H2,1-2H3.